The number of pyridine rings is 2. The Labute approximate surface area is 357 Å². The van der Waals surface area contributed by atoms with E-state index in [1.165, 1.54) is 16.2 Å². The van der Waals surface area contributed by atoms with Crippen LogP contribution >= 0.6 is 0 Å². The van der Waals surface area contributed by atoms with Crippen LogP contribution in [0, 0.1) is 24.0 Å². The van der Waals surface area contributed by atoms with Gasteiger partial charge in [-0.2, -0.15) is 14.8 Å². The van der Waals surface area contributed by atoms with Gasteiger partial charge in [0.2, 0.25) is 0 Å². The van der Waals surface area contributed by atoms with Crippen molar-refractivity contribution in [2.45, 2.75) is 52.9 Å². The number of hydrogen-bond donors (Lipinski definition) is 4. The van der Waals surface area contributed by atoms with Crippen LogP contribution in [0.3, 0.4) is 0 Å². The molecule has 0 aliphatic heterocycles. The van der Waals surface area contributed by atoms with Gasteiger partial charge in [0.05, 0.1) is 45.3 Å². The molecule has 61 heavy (non-hydrogen) atoms. The molecule has 3 aromatic heterocycles. The third-order valence-corrected chi connectivity index (χ3v) is 8.07. The van der Waals surface area contributed by atoms with E-state index in [0.717, 1.165) is 25.1 Å². The second-order valence-corrected chi connectivity index (χ2v) is 13.1. The Morgan fingerprint density at radius 3 is 2.07 bits per heavy atom. The number of carboxylic acid groups (broad SMARTS) is 2. The molecule has 2 aromatic carbocycles. The smallest absolute Gasteiger partial charge is 0.871 e. The van der Waals surface area contributed by atoms with E-state index in [-0.39, 0.29) is 52.1 Å². The van der Waals surface area contributed by atoms with E-state index in [4.69, 9.17) is 15.3 Å². The van der Waals surface area contributed by atoms with E-state index in [9.17, 15) is 44.6 Å². The number of rotatable bonds is 13. The molecule has 5 aromatic rings. The maximum absolute atomic E-state index is 13.6. The topological polar surface area (TPSA) is 324 Å². The van der Waals surface area contributed by atoms with Gasteiger partial charge in [0.15, 0.2) is 18.1 Å². The number of aliphatic hydroxyl groups is 2. The Hall–Kier alpha value is -6.91. The molecule has 0 spiro atoms. The number of aromatic amines is 1. The van der Waals surface area contributed by atoms with Crippen LogP contribution < -0.4 is 31.0 Å². The van der Waals surface area contributed by atoms with Crippen molar-refractivity contribution in [3.8, 4) is 23.0 Å². The number of carbonyl (C=O) groups excluding carboxylic acids is 1. The first-order chi connectivity index (χ1) is 28.2. The number of carboxylic acids is 2. The molecule has 0 fully saturated rings. The van der Waals surface area contributed by atoms with Crippen molar-refractivity contribution in [2.75, 3.05) is 20.6 Å². The number of hydrogen-bond acceptors (Lipinski definition) is 16. The summed E-state index contributed by atoms with van der Waals surface area (Å²) in [5.41, 5.74) is -0.132. The molecule has 2 atom stereocenters. The summed E-state index contributed by atoms with van der Waals surface area (Å²) in [6.07, 6.45) is 1.43. The van der Waals surface area contributed by atoms with Crippen LogP contribution in [0.4, 0.5) is 28.4 Å². The van der Waals surface area contributed by atoms with Gasteiger partial charge in [-0.15, -0.1) is 10.2 Å². The Balaban J connectivity index is 0.000000864. The minimum Gasteiger partial charge on any atom is -0.871 e. The number of aliphatic carboxylic acids is 2. The zero-order valence-corrected chi connectivity index (χ0v) is 34.5. The number of nitrogens with zero attached hydrogens (tertiary/aromatic N) is 9. The number of nitro groups is 1. The predicted octanol–water partition coefficient (Wildman–Crippen LogP) is 1.63. The molecule has 2 unspecified atom stereocenters. The SMILES string of the molecule is CC(O)C(=O)O.CC(O)C(=O)[O-].Cc1[nH]n(-c2cccc(N=Nc3c(C)c(-[n+]4ccccc4)c(=O)n(CCCN(C)C)c3[O-])c2)c(=O)c1N=Nc1cc([N+](=O)[O-])ccc1[O-].[Cu+2]. The summed E-state index contributed by atoms with van der Waals surface area (Å²) < 4.78 is 4.01. The number of azo groups is 2. The van der Waals surface area contributed by atoms with Gasteiger partial charge in [-0.25, -0.2) is 9.48 Å². The number of nitro benzene ring substituents is 1. The third kappa shape index (κ3) is 13.8. The standard InChI is InChI=1S/C32H32N10O6.2C3H6O3.Cu/c1-20-27(30(44)40(17-9-14-38(3)4)32(46)29(20)39-15-6-5-7-16-39)35-33-22-10-8-11-23(18-22)41-31(45)28(21(2)37-41)36-34-25-19-24(42(47)48)12-13-26(25)43;2*1-2(4)3(5)6;/h5-8,10-13,15-16,18-19H,9,14,17H2,1-4H3,(H2-,33,34,35,36,37,43,44,45,46);2*2,4H,1H3,(H,5,6);/q;;;+2/p-2. The van der Waals surface area contributed by atoms with Crippen molar-refractivity contribution in [3.05, 3.63) is 115 Å². The molecule has 0 saturated heterocycles. The summed E-state index contributed by atoms with van der Waals surface area (Å²) in [5, 5.41) is 89.0. The number of aliphatic hydroxyl groups excluding tert-OH is 2. The van der Waals surface area contributed by atoms with Crippen molar-refractivity contribution >= 4 is 40.4 Å². The molecule has 327 valence electrons. The van der Waals surface area contributed by atoms with Crippen LogP contribution in [0.15, 0.2) is 103 Å². The molecule has 0 aliphatic rings. The normalized spacial score (nSPS) is 11.9. The zero-order chi connectivity index (χ0) is 44.8. The molecule has 0 bridgehead atoms. The van der Waals surface area contributed by atoms with Crippen molar-refractivity contribution in [2.24, 2.45) is 20.5 Å². The minimum absolute atomic E-state index is 0. The fourth-order valence-electron chi connectivity index (χ4n) is 4.94. The summed E-state index contributed by atoms with van der Waals surface area (Å²) >= 11 is 0. The Morgan fingerprint density at radius 2 is 1.51 bits per heavy atom. The van der Waals surface area contributed by atoms with Crippen LogP contribution in [0.2, 0.25) is 0 Å². The van der Waals surface area contributed by atoms with Gasteiger partial charge >= 0.3 is 28.6 Å². The van der Waals surface area contributed by atoms with Gasteiger partial charge in [0.1, 0.15) is 11.8 Å². The fraction of sp³-hybridized carbons (Fsp3) is 0.289. The largest absolute Gasteiger partial charge is 2.00 e. The minimum atomic E-state index is -1.44. The van der Waals surface area contributed by atoms with E-state index < -0.39 is 51.8 Å². The van der Waals surface area contributed by atoms with Gasteiger partial charge in [0, 0.05) is 30.8 Å². The molecule has 0 saturated carbocycles. The van der Waals surface area contributed by atoms with E-state index in [2.05, 4.69) is 25.6 Å². The third-order valence-electron chi connectivity index (χ3n) is 8.07. The Morgan fingerprint density at radius 1 is 0.902 bits per heavy atom. The number of aromatic nitrogens is 4. The molecule has 0 aliphatic carbocycles. The van der Waals surface area contributed by atoms with Crippen LogP contribution in [0.25, 0.3) is 11.4 Å². The van der Waals surface area contributed by atoms with Crippen LogP contribution in [0.1, 0.15) is 31.5 Å². The molecule has 5 rings (SSSR count). The fourth-order valence-corrected chi connectivity index (χ4v) is 4.94. The first-order valence-corrected chi connectivity index (χ1v) is 17.8. The molecule has 3 heterocycles. The van der Waals surface area contributed by atoms with Gasteiger partial charge in [-0.3, -0.25) is 24.8 Å². The summed E-state index contributed by atoms with van der Waals surface area (Å²) in [6.45, 7) is 6.42. The van der Waals surface area contributed by atoms with E-state index in [1.54, 1.807) is 67.2 Å². The zero-order valence-electron chi connectivity index (χ0n) is 33.5. The second kappa shape index (κ2) is 23.0. The number of nitrogens with one attached hydrogen (secondary N) is 1. The van der Waals surface area contributed by atoms with E-state index in [1.807, 2.05) is 25.1 Å². The van der Waals surface area contributed by atoms with Crippen LogP contribution in [0.5, 0.6) is 11.6 Å². The molecular formula is C38H42CuN10O12. The van der Waals surface area contributed by atoms with Gasteiger partial charge in [0.25, 0.3) is 16.9 Å². The van der Waals surface area contributed by atoms with Crippen LogP contribution in [-0.2, 0) is 33.2 Å². The average Bonchev–Trinajstić information content (AvgIpc) is 3.48. The summed E-state index contributed by atoms with van der Waals surface area (Å²) in [6, 6.07) is 14.9. The van der Waals surface area contributed by atoms with Crippen molar-refractivity contribution in [1.82, 2.24) is 19.2 Å². The number of benzene rings is 2. The summed E-state index contributed by atoms with van der Waals surface area (Å²) in [7, 11) is 3.82. The second-order valence-electron chi connectivity index (χ2n) is 13.1. The first-order valence-electron chi connectivity index (χ1n) is 17.8. The molecule has 4 N–H and O–H groups in total. The summed E-state index contributed by atoms with van der Waals surface area (Å²) in [4.78, 5) is 58.0. The van der Waals surface area contributed by atoms with E-state index >= 15 is 0 Å². The molecular weight excluding hydrogens is 852 g/mol. The number of H-pyrrole nitrogens is 1. The molecule has 1 radical (unpaired) electrons. The van der Waals surface area contributed by atoms with Gasteiger partial charge in [-0.05, 0) is 78.8 Å². The Kier molecular flexibility index (Phi) is 19.0. The first kappa shape index (κ1) is 50.2. The maximum Gasteiger partial charge on any atom is 2.00 e. The molecule has 22 nitrogen and oxygen atoms in total. The number of non-ortho nitro benzene ring substituents is 1. The predicted molar refractivity (Wildman–Crippen MR) is 208 cm³/mol. The van der Waals surface area contributed by atoms with Crippen LogP contribution in [-0.4, -0.2) is 84.3 Å². The monoisotopic (exact) mass is 893 g/mol. The molecule has 0 amide bonds. The van der Waals surface area contributed by atoms with E-state index in [0.29, 0.717) is 35.6 Å². The van der Waals surface area contributed by atoms with Gasteiger partial charge in [-0.1, -0.05) is 23.9 Å². The Bertz CT molecular complexity index is 2480. The number of aryl methyl sites for hydroxylation is 1. The van der Waals surface area contributed by atoms with Crippen molar-refractivity contribution in [3.63, 3.8) is 0 Å². The quantitative estimate of drug-likeness (QED) is 0.0430. The number of carbonyl (C=O) groups is 2. The maximum atomic E-state index is 13.6. The van der Waals surface area contributed by atoms with Gasteiger partial charge < -0.3 is 44.9 Å². The van der Waals surface area contributed by atoms with Crippen molar-refractivity contribution in [1.29, 1.82) is 0 Å². The average molecular weight is 894 g/mol. The molecule has 23 heteroatoms. The summed E-state index contributed by atoms with van der Waals surface area (Å²) in [5.74, 6) is -3.77. The van der Waals surface area contributed by atoms with Crippen molar-refractivity contribution < 1.29 is 66.8 Å².